The maximum Gasteiger partial charge on any atom is 0.193 e. The molecule has 3 N–H and O–H groups in total. The number of aliphatic imine (C=N–C) groups is 1. The number of nitrogens with one attached hydrogen (secondary N) is 1. The Labute approximate surface area is 178 Å². The van der Waals surface area contributed by atoms with Crippen molar-refractivity contribution in [3.05, 3.63) is 53.1 Å². The van der Waals surface area contributed by atoms with E-state index in [-0.39, 0.29) is 24.0 Å². The lowest BCUT2D eigenvalue weighted by molar-refractivity contribution is 0.399. The third-order valence-electron chi connectivity index (χ3n) is 4.81. The number of hydrogen-bond donors (Lipinski definition) is 2. The number of benzene rings is 2. The van der Waals surface area contributed by atoms with Gasteiger partial charge in [0.1, 0.15) is 11.5 Å². The van der Waals surface area contributed by atoms with Crippen LogP contribution in [0.4, 0.5) is 5.69 Å². The van der Waals surface area contributed by atoms with Crippen LogP contribution < -0.4 is 20.5 Å². The van der Waals surface area contributed by atoms with Crippen molar-refractivity contribution in [2.75, 3.05) is 26.1 Å². The van der Waals surface area contributed by atoms with Crippen molar-refractivity contribution in [2.24, 2.45) is 10.7 Å². The van der Waals surface area contributed by atoms with Crippen molar-refractivity contribution >= 4 is 35.6 Å². The molecule has 0 radical (unpaired) electrons. The van der Waals surface area contributed by atoms with Crippen LogP contribution in [0.5, 0.6) is 11.5 Å². The van der Waals surface area contributed by atoms with Gasteiger partial charge in [-0.05, 0) is 73.1 Å². The maximum absolute atomic E-state index is 6.11. The minimum absolute atomic E-state index is 0. The number of hydrogen-bond acceptors (Lipinski definition) is 3. The molecular formula is C21H28IN3O2. The van der Waals surface area contributed by atoms with E-state index in [1.54, 1.807) is 14.2 Å². The summed E-state index contributed by atoms with van der Waals surface area (Å²) >= 11 is 0. The van der Waals surface area contributed by atoms with Gasteiger partial charge in [-0.2, -0.15) is 0 Å². The van der Waals surface area contributed by atoms with Crippen LogP contribution in [0.15, 0.2) is 41.4 Å². The Morgan fingerprint density at radius 2 is 1.93 bits per heavy atom. The smallest absolute Gasteiger partial charge is 0.193 e. The lowest BCUT2D eigenvalue weighted by atomic mass is 9.90. The predicted molar refractivity (Wildman–Crippen MR) is 122 cm³/mol. The summed E-state index contributed by atoms with van der Waals surface area (Å²) in [6, 6.07) is 12.2. The maximum atomic E-state index is 6.11. The van der Waals surface area contributed by atoms with E-state index in [0.717, 1.165) is 42.0 Å². The topological polar surface area (TPSA) is 68.9 Å². The standard InChI is InChI=1S/C21H27N3O2.HI/c1-25-17-10-11-20(26-2)16(14-17)12-13-23-21(22)24-19-9-5-7-15-6-3-4-8-18(15)19;/h5,7,9-11,14H,3-4,6,8,12-13H2,1-2H3,(H3,22,23,24);1H. The minimum Gasteiger partial charge on any atom is -0.497 e. The van der Waals surface area contributed by atoms with E-state index in [4.69, 9.17) is 15.2 Å². The normalized spacial score (nSPS) is 13.3. The SMILES string of the molecule is COc1ccc(OC)c(CCN=C(N)Nc2cccc3c2CCCC3)c1.I. The number of aryl methyl sites for hydroxylation is 1. The Kier molecular flexibility index (Phi) is 8.22. The van der Waals surface area contributed by atoms with Crippen molar-refractivity contribution in [2.45, 2.75) is 32.1 Å². The molecule has 0 atom stereocenters. The summed E-state index contributed by atoms with van der Waals surface area (Å²) in [5.41, 5.74) is 11.1. The highest BCUT2D eigenvalue weighted by atomic mass is 127. The van der Waals surface area contributed by atoms with Crippen molar-refractivity contribution < 1.29 is 9.47 Å². The summed E-state index contributed by atoms with van der Waals surface area (Å²) in [5, 5.41) is 3.28. The third-order valence-corrected chi connectivity index (χ3v) is 4.81. The van der Waals surface area contributed by atoms with E-state index in [1.165, 1.54) is 24.0 Å². The van der Waals surface area contributed by atoms with E-state index in [2.05, 4.69) is 28.5 Å². The Bertz CT molecular complexity index is 793. The number of guanidine groups is 1. The van der Waals surface area contributed by atoms with Gasteiger partial charge in [-0.3, -0.25) is 4.99 Å². The lowest BCUT2D eigenvalue weighted by Gasteiger charge is -2.19. The Balaban J connectivity index is 0.00000261. The van der Waals surface area contributed by atoms with Crippen molar-refractivity contribution in [1.82, 2.24) is 0 Å². The van der Waals surface area contributed by atoms with Crippen molar-refractivity contribution in [3.8, 4) is 11.5 Å². The molecule has 0 saturated heterocycles. The molecule has 0 spiro atoms. The van der Waals surface area contributed by atoms with Crippen LogP contribution in [-0.4, -0.2) is 26.7 Å². The third kappa shape index (κ3) is 5.51. The van der Waals surface area contributed by atoms with Crippen LogP contribution in [0.1, 0.15) is 29.5 Å². The lowest BCUT2D eigenvalue weighted by Crippen LogP contribution is -2.24. The van der Waals surface area contributed by atoms with Gasteiger partial charge in [0.15, 0.2) is 5.96 Å². The van der Waals surface area contributed by atoms with Gasteiger partial charge in [-0.15, -0.1) is 24.0 Å². The number of ether oxygens (including phenoxy) is 2. The molecule has 0 aromatic heterocycles. The first-order valence-corrected chi connectivity index (χ1v) is 9.10. The average Bonchev–Trinajstić information content (AvgIpc) is 2.68. The quantitative estimate of drug-likeness (QED) is 0.369. The molecule has 0 bridgehead atoms. The number of methoxy groups -OCH3 is 2. The molecule has 3 rings (SSSR count). The molecular weight excluding hydrogens is 453 g/mol. The zero-order chi connectivity index (χ0) is 18.4. The minimum atomic E-state index is 0. The highest BCUT2D eigenvalue weighted by Crippen LogP contribution is 2.28. The van der Waals surface area contributed by atoms with Gasteiger partial charge in [0, 0.05) is 12.2 Å². The molecule has 5 nitrogen and oxygen atoms in total. The molecule has 0 heterocycles. The van der Waals surface area contributed by atoms with E-state index in [0.29, 0.717) is 12.5 Å². The number of fused-ring (bicyclic) bond motifs is 1. The van der Waals surface area contributed by atoms with Crippen LogP contribution in [0.2, 0.25) is 0 Å². The fraction of sp³-hybridized carbons (Fsp3) is 0.381. The zero-order valence-corrected chi connectivity index (χ0v) is 18.3. The molecule has 1 aliphatic carbocycles. The van der Waals surface area contributed by atoms with Crippen LogP contribution >= 0.6 is 24.0 Å². The Morgan fingerprint density at radius 3 is 2.70 bits per heavy atom. The van der Waals surface area contributed by atoms with Gasteiger partial charge in [-0.1, -0.05) is 12.1 Å². The fourth-order valence-electron chi connectivity index (χ4n) is 3.45. The second-order valence-corrected chi connectivity index (χ2v) is 6.47. The van der Waals surface area contributed by atoms with Gasteiger partial charge in [-0.25, -0.2) is 0 Å². The largest absolute Gasteiger partial charge is 0.497 e. The van der Waals surface area contributed by atoms with Crippen molar-refractivity contribution in [3.63, 3.8) is 0 Å². The van der Waals surface area contributed by atoms with E-state index in [1.807, 2.05) is 18.2 Å². The molecule has 1 aliphatic rings. The Morgan fingerprint density at radius 1 is 1.11 bits per heavy atom. The summed E-state index contributed by atoms with van der Waals surface area (Å²) in [7, 11) is 3.33. The second-order valence-electron chi connectivity index (χ2n) is 6.47. The second kappa shape index (κ2) is 10.4. The molecule has 0 fully saturated rings. The van der Waals surface area contributed by atoms with Gasteiger partial charge in [0.05, 0.1) is 14.2 Å². The molecule has 27 heavy (non-hydrogen) atoms. The number of halogens is 1. The summed E-state index contributed by atoms with van der Waals surface area (Å²) in [4.78, 5) is 4.48. The highest BCUT2D eigenvalue weighted by molar-refractivity contribution is 14.0. The predicted octanol–water partition coefficient (Wildman–Crippen LogP) is 4.17. The molecule has 6 heteroatoms. The van der Waals surface area contributed by atoms with Gasteiger partial charge in [0.25, 0.3) is 0 Å². The Hall–Kier alpha value is -1.96. The first-order chi connectivity index (χ1) is 12.7. The summed E-state index contributed by atoms with van der Waals surface area (Å²) < 4.78 is 10.7. The summed E-state index contributed by atoms with van der Waals surface area (Å²) in [6.07, 6.45) is 5.49. The van der Waals surface area contributed by atoms with Gasteiger partial charge < -0.3 is 20.5 Å². The number of rotatable bonds is 6. The molecule has 146 valence electrons. The monoisotopic (exact) mass is 481 g/mol. The first kappa shape index (κ1) is 21.3. The molecule has 0 unspecified atom stereocenters. The van der Waals surface area contributed by atoms with E-state index in [9.17, 15) is 0 Å². The number of nitrogens with two attached hydrogens (primary N) is 1. The van der Waals surface area contributed by atoms with Crippen LogP contribution in [0.3, 0.4) is 0 Å². The van der Waals surface area contributed by atoms with Gasteiger partial charge in [0.2, 0.25) is 0 Å². The van der Waals surface area contributed by atoms with Crippen molar-refractivity contribution in [1.29, 1.82) is 0 Å². The van der Waals surface area contributed by atoms with Gasteiger partial charge >= 0.3 is 0 Å². The molecule has 2 aromatic carbocycles. The molecule has 0 aliphatic heterocycles. The molecule has 0 saturated carbocycles. The van der Waals surface area contributed by atoms with Crippen LogP contribution in [0, 0.1) is 0 Å². The van der Waals surface area contributed by atoms with E-state index >= 15 is 0 Å². The number of nitrogens with zero attached hydrogens (tertiary/aromatic N) is 1. The zero-order valence-electron chi connectivity index (χ0n) is 16.0. The molecule has 0 amide bonds. The van der Waals surface area contributed by atoms with Crippen LogP contribution in [0.25, 0.3) is 0 Å². The summed E-state index contributed by atoms with van der Waals surface area (Å²) in [5.74, 6) is 2.10. The average molecular weight is 481 g/mol. The first-order valence-electron chi connectivity index (χ1n) is 9.10. The molecule has 2 aromatic rings. The van der Waals surface area contributed by atoms with E-state index < -0.39 is 0 Å². The summed E-state index contributed by atoms with van der Waals surface area (Å²) in [6.45, 7) is 0.581. The number of anilines is 1. The van der Waals surface area contributed by atoms with Crippen LogP contribution in [-0.2, 0) is 19.3 Å². The fourth-order valence-corrected chi connectivity index (χ4v) is 3.45. The highest BCUT2D eigenvalue weighted by Gasteiger charge is 2.13.